The molecule has 0 bridgehead atoms. The van der Waals surface area contributed by atoms with Crippen LogP contribution in [0.15, 0.2) is 24.3 Å². The third-order valence-electron chi connectivity index (χ3n) is 5.58. The molecule has 1 aromatic rings. The predicted octanol–water partition coefficient (Wildman–Crippen LogP) is 3.41. The molecule has 24 heavy (non-hydrogen) atoms. The summed E-state index contributed by atoms with van der Waals surface area (Å²) in [5.74, 6) is 1.14. The van der Waals surface area contributed by atoms with Crippen molar-refractivity contribution in [2.24, 2.45) is 0 Å². The Labute approximate surface area is 145 Å². The first kappa shape index (κ1) is 17.3. The summed E-state index contributed by atoms with van der Waals surface area (Å²) in [7, 11) is 0. The van der Waals surface area contributed by atoms with Gasteiger partial charge in [-0.05, 0) is 62.4 Å². The Balaban J connectivity index is 1.36. The maximum atomic E-state index is 12.1. The van der Waals surface area contributed by atoms with E-state index in [1.54, 1.807) is 12.1 Å². The molecule has 1 amide bonds. The molecule has 0 radical (unpaired) electrons. The van der Waals surface area contributed by atoms with E-state index in [2.05, 4.69) is 10.2 Å². The quantitative estimate of drug-likeness (QED) is 0.870. The lowest BCUT2D eigenvalue weighted by Gasteiger charge is -2.32. The second-order valence-electron chi connectivity index (χ2n) is 7.36. The van der Waals surface area contributed by atoms with Crippen LogP contribution in [-0.4, -0.2) is 41.6 Å². The molecule has 1 aliphatic carbocycles. The summed E-state index contributed by atoms with van der Waals surface area (Å²) >= 11 is 0. The lowest BCUT2D eigenvalue weighted by Crippen LogP contribution is -2.39. The second kappa shape index (κ2) is 8.52. The van der Waals surface area contributed by atoms with Crippen LogP contribution in [0.25, 0.3) is 0 Å². The van der Waals surface area contributed by atoms with Crippen LogP contribution in [0.2, 0.25) is 0 Å². The molecular weight excluding hydrogens is 300 g/mol. The number of hydrogen-bond acceptors (Lipinski definition) is 3. The minimum atomic E-state index is 0.225. The van der Waals surface area contributed by atoms with Crippen LogP contribution < -0.4 is 5.32 Å². The fourth-order valence-corrected chi connectivity index (χ4v) is 4.04. The fourth-order valence-electron chi connectivity index (χ4n) is 4.04. The van der Waals surface area contributed by atoms with Crippen LogP contribution in [0.3, 0.4) is 0 Å². The largest absolute Gasteiger partial charge is 0.508 e. The third-order valence-corrected chi connectivity index (χ3v) is 5.58. The number of carbonyl (C=O) groups is 1. The summed E-state index contributed by atoms with van der Waals surface area (Å²) < 4.78 is 0. The van der Waals surface area contributed by atoms with Gasteiger partial charge in [0.1, 0.15) is 5.75 Å². The number of nitrogens with one attached hydrogen (secondary N) is 1. The van der Waals surface area contributed by atoms with Gasteiger partial charge in [-0.2, -0.15) is 0 Å². The Bertz CT molecular complexity index is 515. The topological polar surface area (TPSA) is 52.6 Å². The molecule has 1 aliphatic heterocycles. The lowest BCUT2D eigenvalue weighted by atomic mass is 9.89. The van der Waals surface area contributed by atoms with Crippen LogP contribution in [-0.2, 0) is 4.79 Å². The van der Waals surface area contributed by atoms with Gasteiger partial charge in [-0.1, -0.05) is 31.4 Å². The zero-order chi connectivity index (χ0) is 16.8. The van der Waals surface area contributed by atoms with Crippen LogP contribution in [0.4, 0.5) is 0 Å². The van der Waals surface area contributed by atoms with Crippen molar-refractivity contribution in [1.29, 1.82) is 0 Å². The van der Waals surface area contributed by atoms with Gasteiger partial charge in [0, 0.05) is 19.0 Å². The van der Waals surface area contributed by atoms with Crippen molar-refractivity contribution in [2.75, 3.05) is 19.6 Å². The molecule has 0 atom stereocenters. The van der Waals surface area contributed by atoms with Gasteiger partial charge in [0.2, 0.25) is 5.91 Å². The van der Waals surface area contributed by atoms with E-state index in [-0.39, 0.29) is 5.91 Å². The first-order chi connectivity index (χ1) is 11.7. The Hall–Kier alpha value is -1.55. The van der Waals surface area contributed by atoms with Crippen LogP contribution in [0.1, 0.15) is 62.8 Å². The van der Waals surface area contributed by atoms with Crippen LogP contribution >= 0.6 is 0 Å². The minimum absolute atomic E-state index is 0.225. The Morgan fingerprint density at radius 2 is 1.71 bits per heavy atom. The smallest absolute Gasteiger partial charge is 0.221 e. The van der Waals surface area contributed by atoms with Gasteiger partial charge in [-0.25, -0.2) is 0 Å². The zero-order valence-electron chi connectivity index (χ0n) is 14.5. The number of nitrogens with zero attached hydrogens (tertiary/aromatic N) is 1. The number of benzene rings is 1. The van der Waals surface area contributed by atoms with Crippen LogP contribution in [0.5, 0.6) is 5.75 Å². The molecule has 1 aromatic carbocycles. The summed E-state index contributed by atoms with van der Waals surface area (Å²) in [5.41, 5.74) is 1.32. The van der Waals surface area contributed by atoms with E-state index in [0.717, 1.165) is 45.3 Å². The van der Waals surface area contributed by atoms with Gasteiger partial charge in [0.05, 0.1) is 0 Å². The van der Waals surface area contributed by atoms with Crippen molar-refractivity contribution in [2.45, 2.75) is 63.3 Å². The number of rotatable bonds is 5. The molecule has 2 aliphatic rings. The van der Waals surface area contributed by atoms with Crippen molar-refractivity contribution >= 4 is 5.91 Å². The average molecular weight is 330 g/mol. The van der Waals surface area contributed by atoms with Crippen molar-refractivity contribution in [3.8, 4) is 5.75 Å². The highest BCUT2D eigenvalue weighted by molar-refractivity contribution is 5.76. The van der Waals surface area contributed by atoms with Gasteiger partial charge in [-0.15, -0.1) is 0 Å². The van der Waals surface area contributed by atoms with E-state index < -0.39 is 0 Å². The summed E-state index contributed by atoms with van der Waals surface area (Å²) in [4.78, 5) is 14.5. The van der Waals surface area contributed by atoms with Gasteiger partial charge in [0.25, 0.3) is 0 Å². The molecule has 3 rings (SSSR count). The number of likely N-dealkylation sites (tertiary alicyclic amines) is 1. The van der Waals surface area contributed by atoms with Crippen molar-refractivity contribution in [1.82, 2.24) is 10.2 Å². The maximum absolute atomic E-state index is 12.1. The minimum Gasteiger partial charge on any atom is -0.508 e. The molecule has 1 heterocycles. The Morgan fingerprint density at radius 1 is 1.04 bits per heavy atom. The summed E-state index contributed by atoms with van der Waals surface area (Å²) in [6.07, 6.45) is 9.05. The SMILES string of the molecule is O=C(CCN1CCC(c2ccc(O)cc2)CC1)NC1CCCCC1. The predicted molar refractivity (Wildman–Crippen MR) is 96.2 cm³/mol. The molecule has 1 saturated heterocycles. The zero-order valence-corrected chi connectivity index (χ0v) is 14.5. The highest BCUT2D eigenvalue weighted by Crippen LogP contribution is 2.29. The van der Waals surface area contributed by atoms with Gasteiger partial charge in [0.15, 0.2) is 0 Å². The Morgan fingerprint density at radius 3 is 2.38 bits per heavy atom. The molecule has 132 valence electrons. The summed E-state index contributed by atoms with van der Waals surface area (Å²) in [5, 5.41) is 12.6. The molecule has 0 unspecified atom stereocenters. The van der Waals surface area contributed by atoms with Crippen molar-refractivity contribution in [3.05, 3.63) is 29.8 Å². The maximum Gasteiger partial charge on any atom is 0.221 e. The molecule has 2 fully saturated rings. The van der Waals surface area contributed by atoms with E-state index in [4.69, 9.17) is 0 Å². The number of phenols is 1. The fraction of sp³-hybridized carbons (Fsp3) is 0.650. The van der Waals surface area contributed by atoms with E-state index in [1.807, 2.05) is 12.1 Å². The standard InChI is InChI=1S/C20H30N2O2/c23-19-8-6-16(7-9-19)17-10-13-22(14-11-17)15-12-20(24)21-18-4-2-1-3-5-18/h6-9,17-18,23H,1-5,10-15H2,(H,21,24). The molecule has 4 nitrogen and oxygen atoms in total. The highest BCUT2D eigenvalue weighted by atomic mass is 16.3. The summed E-state index contributed by atoms with van der Waals surface area (Å²) in [6, 6.07) is 8.04. The number of hydrogen-bond donors (Lipinski definition) is 2. The molecule has 1 saturated carbocycles. The van der Waals surface area contributed by atoms with E-state index >= 15 is 0 Å². The second-order valence-corrected chi connectivity index (χ2v) is 7.36. The monoisotopic (exact) mass is 330 g/mol. The van der Waals surface area contributed by atoms with E-state index in [1.165, 1.54) is 24.8 Å². The highest BCUT2D eigenvalue weighted by Gasteiger charge is 2.21. The molecule has 0 aromatic heterocycles. The van der Waals surface area contributed by atoms with Crippen LogP contribution in [0, 0.1) is 0 Å². The van der Waals surface area contributed by atoms with Gasteiger partial charge >= 0.3 is 0 Å². The normalized spacial score (nSPS) is 20.8. The first-order valence-corrected chi connectivity index (χ1v) is 9.51. The molecular formula is C20H30N2O2. The summed E-state index contributed by atoms with van der Waals surface area (Å²) in [6.45, 7) is 2.99. The van der Waals surface area contributed by atoms with E-state index in [0.29, 0.717) is 24.1 Å². The first-order valence-electron chi connectivity index (χ1n) is 9.51. The number of carbonyl (C=O) groups excluding carboxylic acids is 1. The van der Waals surface area contributed by atoms with Gasteiger partial charge < -0.3 is 15.3 Å². The number of amides is 1. The number of phenolic OH excluding ortho intramolecular Hbond substituents is 1. The van der Waals surface area contributed by atoms with Crippen molar-refractivity contribution in [3.63, 3.8) is 0 Å². The van der Waals surface area contributed by atoms with Gasteiger partial charge in [-0.3, -0.25) is 4.79 Å². The third kappa shape index (κ3) is 4.97. The van der Waals surface area contributed by atoms with E-state index in [9.17, 15) is 9.90 Å². The lowest BCUT2D eigenvalue weighted by molar-refractivity contribution is -0.122. The average Bonchev–Trinajstić information content (AvgIpc) is 2.62. The van der Waals surface area contributed by atoms with Crippen molar-refractivity contribution < 1.29 is 9.90 Å². The number of piperidine rings is 1. The molecule has 0 spiro atoms. The molecule has 2 N–H and O–H groups in total. The Kier molecular flexibility index (Phi) is 6.13. The molecule has 4 heteroatoms. The number of aromatic hydroxyl groups is 1.